The van der Waals surface area contributed by atoms with Crippen molar-refractivity contribution in [3.05, 3.63) is 42.0 Å². The zero-order valence-electron chi connectivity index (χ0n) is 11.1. The number of aromatic carboxylic acids is 1. The van der Waals surface area contributed by atoms with Crippen LogP contribution in [-0.4, -0.2) is 30.4 Å². The van der Waals surface area contributed by atoms with Crippen LogP contribution in [0.15, 0.2) is 36.4 Å². The first-order chi connectivity index (χ1) is 9.55. The van der Waals surface area contributed by atoms with Gasteiger partial charge in [0, 0.05) is 0 Å². The van der Waals surface area contributed by atoms with E-state index < -0.39 is 5.97 Å². The van der Waals surface area contributed by atoms with Crippen molar-refractivity contribution < 1.29 is 24.5 Å². The molecule has 0 unspecified atom stereocenters. The van der Waals surface area contributed by atoms with Crippen LogP contribution in [0.5, 0.6) is 17.2 Å². The number of aromatic hydroxyl groups is 1. The summed E-state index contributed by atoms with van der Waals surface area (Å²) in [6.07, 6.45) is 0. The van der Waals surface area contributed by atoms with Gasteiger partial charge >= 0.3 is 5.97 Å². The van der Waals surface area contributed by atoms with Crippen molar-refractivity contribution in [3.8, 4) is 28.4 Å². The van der Waals surface area contributed by atoms with Gasteiger partial charge in [-0.1, -0.05) is 6.07 Å². The van der Waals surface area contributed by atoms with E-state index in [1.54, 1.807) is 18.2 Å². The molecule has 0 saturated heterocycles. The monoisotopic (exact) mass is 274 g/mol. The Kier molecular flexibility index (Phi) is 3.79. The van der Waals surface area contributed by atoms with Crippen LogP contribution in [0.2, 0.25) is 0 Å². The molecule has 0 fully saturated rings. The number of methoxy groups -OCH3 is 2. The lowest BCUT2D eigenvalue weighted by molar-refractivity contribution is 0.0696. The molecule has 0 atom stereocenters. The standard InChI is InChI=1S/C15H14O5/c1-19-13-4-3-9(8-14(13)20-2)10-5-11(15(17)18)7-12(16)6-10/h3-8,16H,1-2H3,(H,17,18). The number of carboxylic acid groups (broad SMARTS) is 1. The van der Waals surface area contributed by atoms with Crippen LogP contribution in [0.1, 0.15) is 10.4 Å². The number of hydrogen-bond donors (Lipinski definition) is 2. The van der Waals surface area contributed by atoms with Crippen molar-refractivity contribution in [1.29, 1.82) is 0 Å². The first-order valence-electron chi connectivity index (χ1n) is 5.85. The molecule has 20 heavy (non-hydrogen) atoms. The molecule has 0 aliphatic carbocycles. The average Bonchev–Trinajstić information content (AvgIpc) is 2.45. The zero-order chi connectivity index (χ0) is 14.7. The third kappa shape index (κ3) is 2.66. The molecule has 0 spiro atoms. The van der Waals surface area contributed by atoms with E-state index in [-0.39, 0.29) is 11.3 Å². The van der Waals surface area contributed by atoms with Crippen LogP contribution >= 0.6 is 0 Å². The van der Waals surface area contributed by atoms with Gasteiger partial charge in [-0.25, -0.2) is 4.79 Å². The average molecular weight is 274 g/mol. The molecule has 5 heteroatoms. The van der Waals surface area contributed by atoms with Gasteiger partial charge in [-0.15, -0.1) is 0 Å². The second kappa shape index (κ2) is 5.52. The second-order valence-corrected chi connectivity index (χ2v) is 4.14. The van der Waals surface area contributed by atoms with Crippen molar-refractivity contribution in [1.82, 2.24) is 0 Å². The van der Waals surface area contributed by atoms with Crippen molar-refractivity contribution in [2.75, 3.05) is 14.2 Å². The molecule has 2 aromatic rings. The van der Waals surface area contributed by atoms with E-state index in [2.05, 4.69) is 0 Å². The van der Waals surface area contributed by atoms with Crippen LogP contribution in [0, 0.1) is 0 Å². The van der Waals surface area contributed by atoms with Gasteiger partial charge in [0.15, 0.2) is 11.5 Å². The molecular weight excluding hydrogens is 260 g/mol. The highest BCUT2D eigenvalue weighted by atomic mass is 16.5. The van der Waals surface area contributed by atoms with Gasteiger partial charge in [0.1, 0.15) is 5.75 Å². The van der Waals surface area contributed by atoms with Gasteiger partial charge < -0.3 is 19.7 Å². The van der Waals surface area contributed by atoms with Gasteiger partial charge in [0.25, 0.3) is 0 Å². The second-order valence-electron chi connectivity index (χ2n) is 4.14. The van der Waals surface area contributed by atoms with E-state index >= 15 is 0 Å². The fourth-order valence-corrected chi connectivity index (χ4v) is 1.92. The number of phenols is 1. The molecule has 0 saturated carbocycles. The SMILES string of the molecule is COc1ccc(-c2cc(O)cc(C(=O)O)c2)cc1OC. The number of rotatable bonds is 4. The minimum Gasteiger partial charge on any atom is -0.508 e. The van der Waals surface area contributed by atoms with Gasteiger partial charge in [-0.3, -0.25) is 0 Å². The summed E-state index contributed by atoms with van der Waals surface area (Å²) < 4.78 is 10.3. The maximum absolute atomic E-state index is 11.0. The van der Waals surface area contributed by atoms with Gasteiger partial charge in [-0.05, 0) is 41.5 Å². The highest BCUT2D eigenvalue weighted by molar-refractivity contribution is 5.90. The number of benzene rings is 2. The van der Waals surface area contributed by atoms with Crippen LogP contribution in [-0.2, 0) is 0 Å². The molecule has 0 heterocycles. The number of ether oxygens (including phenoxy) is 2. The van der Waals surface area contributed by atoms with Crippen molar-refractivity contribution in [2.45, 2.75) is 0 Å². The fourth-order valence-electron chi connectivity index (χ4n) is 1.92. The Balaban J connectivity index is 2.53. The third-order valence-electron chi connectivity index (χ3n) is 2.88. The summed E-state index contributed by atoms with van der Waals surface area (Å²) in [5.41, 5.74) is 1.33. The van der Waals surface area contributed by atoms with E-state index in [1.807, 2.05) is 0 Å². The summed E-state index contributed by atoms with van der Waals surface area (Å²) in [6.45, 7) is 0. The molecule has 2 N–H and O–H groups in total. The quantitative estimate of drug-likeness (QED) is 0.896. The lowest BCUT2D eigenvalue weighted by atomic mass is 10.0. The molecule has 2 rings (SSSR count). The summed E-state index contributed by atoms with van der Waals surface area (Å²) >= 11 is 0. The van der Waals surface area contributed by atoms with Crippen LogP contribution < -0.4 is 9.47 Å². The first kappa shape index (κ1) is 13.7. The molecule has 0 aliphatic rings. The topological polar surface area (TPSA) is 76.0 Å². The molecule has 0 aliphatic heterocycles. The Morgan fingerprint density at radius 2 is 1.65 bits per heavy atom. The lowest BCUT2D eigenvalue weighted by Crippen LogP contribution is -1.96. The Morgan fingerprint density at radius 3 is 2.25 bits per heavy atom. The lowest BCUT2D eigenvalue weighted by Gasteiger charge is -2.10. The smallest absolute Gasteiger partial charge is 0.335 e. The zero-order valence-corrected chi connectivity index (χ0v) is 11.1. The highest BCUT2D eigenvalue weighted by Gasteiger charge is 2.10. The summed E-state index contributed by atoms with van der Waals surface area (Å²) in [5, 5.41) is 18.6. The minimum absolute atomic E-state index is 0.0229. The largest absolute Gasteiger partial charge is 0.508 e. The van der Waals surface area contributed by atoms with E-state index in [9.17, 15) is 9.90 Å². The van der Waals surface area contributed by atoms with E-state index in [1.165, 1.54) is 32.4 Å². The van der Waals surface area contributed by atoms with Crippen molar-refractivity contribution >= 4 is 5.97 Å². The highest BCUT2D eigenvalue weighted by Crippen LogP contribution is 2.33. The predicted molar refractivity (Wildman–Crippen MR) is 73.6 cm³/mol. The van der Waals surface area contributed by atoms with Crippen LogP contribution in [0.3, 0.4) is 0 Å². The number of phenolic OH excluding ortho intramolecular Hbond substituents is 1. The van der Waals surface area contributed by atoms with Crippen LogP contribution in [0.4, 0.5) is 0 Å². The Morgan fingerprint density at radius 1 is 0.950 bits per heavy atom. The van der Waals surface area contributed by atoms with Gasteiger partial charge in [0.05, 0.1) is 19.8 Å². The summed E-state index contributed by atoms with van der Waals surface area (Å²) in [4.78, 5) is 11.0. The molecule has 5 nitrogen and oxygen atoms in total. The molecular formula is C15H14O5. The van der Waals surface area contributed by atoms with E-state index in [0.717, 1.165) is 5.56 Å². The Labute approximate surface area is 116 Å². The van der Waals surface area contributed by atoms with Crippen LogP contribution in [0.25, 0.3) is 11.1 Å². The van der Waals surface area contributed by atoms with E-state index in [4.69, 9.17) is 14.6 Å². The minimum atomic E-state index is -1.09. The third-order valence-corrected chi connectivity index (χ3v) is 2.88. The number of carbonyl (C=O) groups is 1. The van der Waals surface area contributed by atoms with E-state index in [0.29, 0.717) is 17.1 Å². The molecule has 0 bridgehead atoms. The summed E-state index contributed by atoms with van der Waals surface area (Å²) in [7, 11) is 3.06. The van der Waals surface area contributed by atoms with Gasteiger partial charge in [-0.2, -0.15) is 0 Å². The summed E-state index contributed by atoms with van der Waals surface area (Å²) in [5.74, 6) is -0.0857. The maximum Gasteiger partial charge on any atom is 0.335 e. The Hall–Kier alpha value is -2.69. The fraction of sp³-hybridized carbons (Fsp3) is 0.133. The molecule has 2 aromatic carbocycles. The maximum atomic E-state index is 11.0. The van der Waals surface area contributed by atoms with Gasteiger partial charge in [0.2, 0.25) is 0 Å². The van der Waals surface area contributed by atoms with Crippen molar-refractivity contribution in [2.24, 2.45) is 0 Å². The molecule has 0 amide bonds. The first-order valence-corrected chi connectivity index (χ1v) is 5.85. The molecule has 0 aromatic heterocycles. The molecule has 104 valence electrons. The number of carboxylic acids is 1. The Bertz CT molecular complexity index is 649. The summed E-state index contributed by atoms with van der Waals surface area (Å²) in [6, 6.07) is 9.39. The normalized spacial score (nSPS) is 10.1. The number of hydrogen-bond acceptors (Lipinski definition) is 4. The molecule has 0 radical (unpaired) electrons. The van der Waals surface area contributed by atoms with Crippen molar-refractivity contribution in [3.63, 3.8) is 0 Å². The predicted octanol–water partition coefficient (Wildman–Crippen LogP) is 2.77.